The fourth-order valence-corrected chi connectivity index (χ4v) is 7.99. The van der Waals surface area contributed by atoms with Crippen LogP contribution in [0.2, 0.25) is 0 Å². The van der Waals surface area contributed by atoms with Crippen molar-refractivity contribution in [1.29, 1.82) is 0 Å². The van der Waals surface area contributed by atoms with Gasteiger partial charge in [-0.1, -0.05) is 18.2 Å². The van der Waals surface area contributed by atoms with Gasteiger partial charge < -0.3 is 14.8 Å². The van der Waals surface area contributed by atoms with E-state index in [1.165, 1.54) is 31.4 Å². The van der Waals surface area contributed by atoms with Crippen LogP contribution < -0.4 is 5.32 Å². The summed E-state index contributed by atoms with van der Waals surface area (Å²) in [7, 11) is 0. The number of fused-ring (bicyclic) bond motifs is 3. The Hall–Kier alpha value is -3.15. The molecule has 1 aliphatic heterocycles. The van der Waals surface area contributed by atoms with Gasteiger partial charge in [0.05, 0.1) is 18.3 Å². The van der Waals surface area contributed by atoms with Crippen LogP contribution in [-0.2, 0) is 6.54 Å². The third-order valence-corrected chi connectivity index (χ3v) is 8.84. The van der Waals surface area contributed by atoms with E-state index < -0.39 is 17.7 Å². The van der Waals surface area contributed by atoms with Crippen molar-refractivity contribution in [2.75, 3.05) is 0 Å². The van der Waals surface area contributed by atoms with Crippen molar-refractivity contribution in [3.05, 3.63) is 89.2 Å². The first-order valence-corrected chi connectivity index (χ1v) is 12.8. The monoisotopic (exact) mass is 473 g/mol. The van der Waals surface area contributed by atoms with Crippen molar-refractivity contribution in [3.63, 3.8) is 0 Å². The maximum absolute atomic E-state index is 14.4. The van der Waals surface area contributed by atoms with Crippen molar-refractivity contribution in [3.8, 4) is 5.69 Å². The largest absolute Gasteiger partial charge is 0.332 e. The highest BCUT2D eigenvalue weighted by Crippen LogP contribution is 2.55. The molecule has 4 nitrogen and oxygen atoms in total. The second-order valence-corrected chi connectivity index (χ2v) is 11.3. The molecule has 0 saturated heterocycles. The van der Waals surface area contributed by atoms with Crippen LogP contribution in [0, 0.1) is 29.4 Å². The van der Waals surface area contributed by atoms with E-state index in [9.17, 15) is 13.6 Å². The number of nitrogens with one attached hydrogen (secondary N) is 1. The quantitative estimate of drug-likeness (QED) is 0.463. The molecule has 6 heteroatoms. The lowest BCUT2D eigenvalue weighted by atomic mass is 9.53. The summed E-state index contributed by atoms with van der Waals surface area (Å²) in [6.45, 7) is 0.360. The van der Waals surface area contributed by atoms with E-state index in [1.54, 1.807) is 4.90 Å². The predicted octanol–water partition coefficient (Wildman–Crippen LogP) is 6.34. The summed E-state index contributed by atoms with van der Waals surface area (Å²) >= 11 is 0. The molecule has 4 bridgehead atoms. The van der Waals surface area contributed by atoms with Gasteiger partial charge in [-0.15, -0.1) is 0 Å². The van der Waals surface area contributed by atoms with E-state index >= 15 is 0 Å². The molecule has 2 heterocycles. The Morgan fingerprint density at radius 3 is 2.23 bits per heavy atom. The summed E-state index contributed by atoms with van der Waals surface area (Å²) in [6, 6.07) is 14.7. The lowest BCUT2D eigenvalue weighted by molar-refractivity contribution is -0.0163. The molecule has 0 radical (unpaired) electrons. The Balaban J connectivity index is 1.32. The molecule has 2 aromatic carbocycles. The van der Waals surface area contributed by atoms with Crippen molar-refractivity contribution in [2.24, 2.45) is 17.8 Å². The lowest BCUT2D eigenvalue weighted by Gasteiger charge is -2.57. The molecule has 0 spiro atoms. The molecular formula is C29H29F2N3O. The number of benzene rings is 2. The van der Waals surface area contributed by atoms with Gasteiger partial charge in [-0.3, -0.25) is 0 Å². The van der Waals surface area contributed by atoms with Crippen LogP contribution in [0.25, 0.3) is 5.69 Å². The minimum Gasteiger partial charge on any atom is -0.332 e. The summed E-state index contributed by atoms with van der Waals surface area (Å²) in [5, 5.41) is 3.50. The Kier molecular flexibility index (Phi) is 4.64. The Bertz CT molecular complexity index is 1260. The number of amides is 2. The van der Waals surface area contributed by atoms with Crippen molar-refractivity contribution in [1.82, 2.24) is 14.8 Å². The fourth-order valence-electron chi connectivity index (χ4n) is 7.99. The first-order valence-electron chi connectivity index (χ1n) is 12.8. The van der Waals surface area contributed by atoms with E-state index in [2.05, 4.69) is 5.32 Å². The second kappa shape index (κ2) is 7.67. The first-order chi connectivity index (χ1) is 17.0. The Labute approximate surface area is 203 Å². The first kappa shape index (κ1) is 21.2. The summed E-state index contributed by atoms with van der Waals surface area (Å²) in [5.41, 5.74) is 3.10. The highest BCUT2D eigenvalue weighted by atomic mass is 19.1. The molecule has 4 saturated carbocycles. The van der Waals surface area contributed by atoms with E-state index in [0.29, 0.717) is 29.9 Å². The number of carbonyl (C=O) groups excluding carboxylic acids is 1. The number of urea groups is 1. The second-order valence-electron chi connectivity index (χ2n) is 11.3. The van der Waals surface area contributed by atoms with Crippen LogP contribution in [0.15, 0.2) is 60.8 Å². The number of aromatic nitrogens is 1. The molecule has 2 amide bonds. The van der Waals surface area contributed by atoms with Crippen LogP contribution in [0.4, 0.5) is 13.6 Å². The average molecular weight is 474 g/mol. The molecule has 4 aliphatic carbocycles. The molecule has 4 fully saturated rings. The molecule has 180 valence electrons. The highest BCUT2D eigenvalue weighted by Gasteiger charge is 2.52. The highest BCUT2D eigenvalue weighted by molar-refractivity contribution is 5.77. The van der Waals surface area contributed by atoms with E-state index in [4.69, 9.17) is 0 Å². The summed E-state index contributed by atoms with van der Waals surface area (Å²) in [6.07, 6.45) is 8.98. The van der Waals surface area contributed by atoms with E-state index in [0.717, 1.165) is 42.3 Å². The third-order valence-electron chi connectivity index (χ3n) is 8.84. The standard InChI is InChI=1S/C29H29F2N3O/c30-23-11-22(12-24(31)13-23)27-26-6-3-7-33(26)25-5-2-1-4-21(25)17-34(27)28(35)32-29-14-18-8-19(15-29)10-20(9-18)16-29/h1-7,11-13,18-20,27H,8-10,14-17H2,(H,32,35). The number of nitrogens with zero attached hydrogens (tertiary/aromatic N) is 2. The van der Waals surface area contributed by atoms with Gasteiger partial charge in [-0.2, -0.15) is 0 Å². The van der Waals surface area contributed by atoms with Gasteiger partial charge in [-0.05, 0) is 97.7 Å². The molecule has 5 aliphatic rings. The fraction of sp³-hybridized carbons (Fsp3) is 0.414. The minimum atomic E-state index is -0.638. The van der Waals surface area contributed by atoms with Gasteiger partial charge in [0.15, 0.2) is 0 Å². The number of hydrogen-bond donors (Lipinski definition) is 1. The molecule has 1 atom stereocenters. The molecule has 35 heavy (non-hydrogen) atoms. The van der Waals surface area contributed by atoms with E-state index in [-0.39, 0.29) is 11.6 Å². The minimum absolute atomic E-state index is 0.147. The number of carbonyl (C=O) groups is 1. The predicted molar refractivity (Wildman–Crippen MR) is 129 cm³/mol. The van der Waals surface area contributed by atoms with Crippen LogP contribution >= 0.6 is 0 Å². The zero-order valence-corrected chi connectivity index (χ0v) is 19.6. The average Bonchev–Trinajstić information content (AvgIpc) is 3.21. The summed E-state index contributed by atoms with van der Waals surface area (Å²) in [5.74, 6) is 0.841. The van der Waals surface area contributed by atoms with Crippen LogP contribution in [-0.4, -0.2) is 21.0 Å². The van der Waals surface area contributed by atoms with Gasteiger partial charge in [-0.25, -0.2) is 13.6 Å². The smallest absolute Gasteiger partial charge is 0.318 e. The molecule has 1 aromatic heterocycles. The molecule has 3 aromatic rings. The zero-order valence-electron chi connectivity index (χ0n) is 19.6. The Morgan fingerprint density at radius 2 is 1.54 bits per heavy atom. The molecule has 8 rings (SSSR count). The van der Waals surface area contributed by atoms with Gasteiger partial charge in [0.25, 0.3) is 0 Å². The van der Waals surface area contributed by atoms with Crippen molar-refractivity contribution >= 4 is 6.03 Å². The maximum atomic E-state index is 14.4. The zero-order chi connectivity index (χ0) is 23.7. The summed E-state index contributed by atoms with van der Waals surface area (Å²) in [4.78, 5) is 15.9. The maximum Gasteiger partial charge on any atom is 0.318 e. The number of para-hydroxylation sites is 1. The van der Waals surface area contributed by atoms with Crippen LogP contribution in [0.1, 0.15) is 61.4 Å². The summed E-state index contributed by atoms with van der Waals surface area (Å²) < 4.78 is 30.8. The number of hydrogen-bond acceptors (Lipinski definition) is 1. The van der Waals surface area contributed by atoms with Gasteiger partial charge in [0.1, 0.15) is 11.6 Å². The third kappa shape index (κ3) is 3.48. The van der Waals surface area contributed by atoms with Crippen LogP contribution in [0.3, 0.4) is 0 Å². The van der Waals surface area contributed by atoms with Gasteiger partial charge >= 0.3 is 6.03 Å². The van der Waals surface area contributed by atoms with Gasteiger partial charge in [0, 0.05) is 23.5 Å². The topological polar surface area (TPSA) is 37.3 Å². The van der Waals surface area contributed by atoms with Crippen LogP contribution in [0.5, 0.6) is 0 Å². The number of halogens is 2. The molecule has 1 unspecified atom stereocenters. The Morgan fingerprint density at radius 1 is 0.886 bits per heavy atom. The molecular weight excluding hydrogens is 444 g/mol. The number of rotatable bonds is 2. The SMILES string of the molecule is O=C(NC12CC3CC(CC(C3)C1)C2)N1Cc2ccccc2-n2cccc2C1c1cc(F)cc(F)c1. The van der Waals surface area contributed by atoms with Gasteiger partial charge in [0.2, 0.25) is 0 Å². The van der Waals surface area contributed by atoms with Crippen molar-refractivity contribution < 1.29 is 13.6 Å². The van der Waals surface area contributed by atoms with Crippen molar-refractivity contribution in [2.45, 2.75) is 56.7 Å². The lowest BCUT2D eigenvalue weighted by Crippen LogP contribution is -2.62. The normalized spacial score (nSPS) is 30.5. The van der Waals surface area contributed by atoms with E-state index in [1.807, 2.05) is 47.2 Å². The molecule has 1 N–H and O–H groups in total.